The molecular formula is C7H6N2OS. The van der Waals surface area contributed by atoms with Gasteiger partial charge in [0.25, 0.3) is 0 Å². The molecule has 0 aliphatic heterocycles. The Labute approximate surface area is 68.3 Å². The summed E-state index contributed by atoms with van der Waals surface area (Å²) in [6.45, 7) is 1.88. The molecule has 0 saturated carbocycles. The first kappa shape index (κ1) is 7.76. The number of nitrogens with zero attached hydrogens (tertiary/aromatic N) is 1. The fourth-order valence-corrected chi connectivity index (χ4v) is 1.45. The van der Waals surface area contributed by atoms with Gasteiger partial charge in [0.05, 0.1) is 5.00 Å². The molecule has 4 heteroatoms. The van der Waals surface area contributed by atoms with E-state index in [0.29, 0.717) is 0 Å². The Kier molecular flexibility index (Phi) is 2.24. The van der Waals surface area contributed by atoms with Crippen LogP contribution >= 0.6 is 11.3 Å². The van der Waals surface area contributed by atoms with Crippen molar-refractivity contribution in [2.24, 2.45) is 0 Å². The molecule has 11 heavy (non-hydrogen) atoms. The minimum atomic E-state index is -0.615. The Balaban J connectivity index is 2.73. The van der Waals surface area contributed by atoms with Crippen LogP contribution in [0, 0.1) is 18.3 Å². The van der Waals surface area contributed by atoms with E-state index in [4.69, 9.17) is 5.26 Å². The van der Waals surface area contributed by atoms with Crippen LogP contribution < -0.4 is 5.32 Å². The number of nitriles is 1. The van der Waals surface area contributed by atoms with Crippen LogP contribution in [0.15, 0.2) is 11.4 Å². The van der Waals surface area contributed by atoms with Crippen molar-refractivity contribution in [3.8, 4) is 6.07 Å². The molecule has 1 amide bonds. The number of hydrogen-bond acceptors (Lipinski definition) is 3. The second-order valence-corrected chi connectivity index (χ2v) is 2.91. The first-order chi connectivity index (χ1) is 5.24. The Hall–Kier alpha value is -1.34. The summed E-state index contributed by atoms with van der Waals surface area (Å²) in [6.07, 6.45) is 0. The second-order valence-electron chi connectivity index (χ2n) is 2.00. The molecule has 1 rings (SSSR count). The van der Waals surface area contributed by atoms with Crippen molar-refractivity contribution < 1.29 is 4.79 Å². The van der Waals surface area contributed by atoms with Crippen LogP contribution in [0.1, 0.15) is 5.56 Å². The highest BCUT2D eigenvalue weighted by Crippen LogP contribution is 2.21. The molecule has 0 aliphatic carbocycles. The number of rotatable bonds is 1. The molecule has 0 unspecified atom stereocenters. The van der Waals surface area contributed by atoms with Gasteiger partial charge in [-0.1, -0.05) is 0 Å². The summed E-state index contributed by atoms with van der Waals surface area (Å²) in [5.74, 6) is -0.615. The SMILES string of the molecule is Cc1ccsc1NC(=O)C#N. The zero-order valence-corrected chi connectivity index (χ0v) is 6.73. The Morgan fingerprint density at radius 3 is 3.00 bits per heavy atom. The standard InChI is InChI=1S/C7H6N2OS/c1-5-2-3-11-7(5)9-6(10)4-8/h2-3H,1H3,(H,9,10). The van der Waals surface area contributed by atoms with Gasteiger partial charge in [-0.05, 0) is 23.9 Å². The quantitative estimate of drug-likeness (QED) is 0.643. The maximum absolute atomic E-state index is 10.6. The molecule has 56 valence electrons. The molecular weight excluding hydrogens is 160 g/mol. The van der Waals surface area contributed by atoms with E-state index in [1.54, 1.807) is 0 Å². The molecule has 0 bridgehead atoms. The zero-order chi connectivity index (χ0) is 8.27. The van der Waals surface area contributed by atoms with Crippen molar-refractivity contribution in [1.82, 2.24) is 0 Å². The number of carbonyl (C=O) groups is 1. The molecule has 0 spiro atoms. The lowest BCUT2D eigenvalue weighted by Crippen LogP contribution is -2.07. The van der Waals surface area contributed by atoms with E-state index in [1.807, 2.05) is 18.4 Å². The third-order valence-electron chi connectivity index (χ3n) is 1.19. The van der Waals surface area contributed by atoms with Gasteiger partial charge in [0, 0.05) is 0 Å². The van der Waals surface area contributed by atoms with Crippen molar-refractivity contribution in [2.75, 3.05) is 5.32 Å². The largest absolute Gasteiger partial charge is 0.327 e. The van der Waals surface area contributed by atoms with Crippen LogP contribution in [-0.4, -0.2) is 5.91 Å². The highest BCUT2D eigenvalue weighted by atomic mass is 32.1. The number of anilines is 1. The monoisotopic (exact) mass is 166 g/mol. The zero-order valence-electron chi connectivity index (χ0n) is 5.92. The lowest BCUT2D eigenvalue weighted by atomic mass is 10.4. The van der Waals surface area contributed by atoms with E-state index >= 15 is 0 Å². The number of hydrogen-bond donors (Lipinski definition) is 1. The van der Waals surface area contributed by atoms with Crippen LogP contribution in [0.5, 0.6) is 0 Å². The predicted octanol–water partition coefficient (Wildman–Crippen LogP) is 1.52. The summed E-state index contributed by atoms with van der Waals surface area (Å²) in [6, 6.07) is 3.37. The van der Waals surface area contributed by atoms with E-state index in [2.05, 4.69) is 5.32 Å². The van der Waals surface area contributed by atoms with E-state index in [9.17, 15) is 4.79 Å². The van der Waals surface area contributed by atoms with Gasteiger partial charge in [-0.3, -0.25) is 4.79 Å². The number of nitrogens with one attached hydrogen (secondary N) is 1. The van der Waals surface area contributed by atoms with Crippen LogP contribution in [0.4, 0.5) is 5.00 Å². The number of aryl methyl sites for hydroxylation is 1. The molecule has 0 fully saturated rings. The van der Waals surface area contributed by atoms with Gasteiger partial charge in [0.15, 0.2) is 6.07 Å². The van der Waals surface area contributed by atoms with E-state index < -0.39 is 5.91 Å². The van der Waals surface area contributed by atoms with Gasteiger partial charge in [0.1, 0.15) is 0 Å². The fraction of sp³-hybridized carbons (Fsp3) is 0.143. The maximum atomic E-state index is 10.6. The van der Waals surface area contributed by atoms with Gasteiger partial charge in [-0.25, -0.2) is 0 Å². The van der Waals surface area contributed by atoms with Crippen molar-refractivity contribution in [3.63, 3.8) is 0 Å². The van der Waals surface area contributed by atoms with Gasteiger partial charge in [0.2, 0.25) is 0 Å². The molecule has 1 heterocycles. The van der Waals surface area contributed by atoms with Gasteiger partial charge in [-0.2, -0.15) is 5.26 Å². The molecule has 1 aromatic heterocycles. The minimum Gasteiger partial charge on any atom is -0.305 e. The first-order valence-electron chi connectivity index (χ1n) is 2.99. The van der Waals surface area contributed by atoms with Gasteiger partial charge in [-0.15, -0.1) is 11.3 Å². The molecule has 1 aromatic rings. The van der Waals surface area contributed by atoms with Crippen molar-refractivity contribution in [3.05, 3.63) is 17.0 Å². The lowest BCUT2D eigenvalue weighted by molar-refractivity contribution is -0.111. The van der Waals surface area contributed by atoms with Crippen LogP contribution in [0.25, 0.3) is 0 Å². The summed E-state index contributed by atoms with van der Waals surface area (Å²) >= 11 is 1.41. The Bertz CT molecular complexity index is 310. The Morgan fingerprint density at radius 1 is 1.82 bits per heavy atom. The molecule has 0 atom stereocenters. The van der Waals surface area contributed by atoms with Crippen molar-refractivity contribution >= 4 is 22.2 Å². The second kappa shape index (κ2) is 3.17. The van der Waals surface area contributed by atoms with Crippen LogP contribution in [-0.2, 0) is 4.79 Å². The molecule has 0 aliphatic rings. The van der Waals surface area contributed by atoms with Gasteiger partial charge < -0.3 is 5.32 Å². The van der Waals surface area contributed by atoms with Gasteiger partial charge >= 0.3 is 5.91 Å². The van der Waals surface area contributed by atoms with E-state index in [-0.39, 0.29) is 0 Å². The summed E-state index contributed by atoms with van der Waals surface area (Å²) in [4.78, 5) is 10.6. The smallest absolute Gasteiger partial charge is 0.305 e. The highest BCUT2D eigenvalue weighted by Gasteiger charge is 2.02. The predicted molar refractivity (Wildman–Crippen MR) is 43.3 cm³/mol. The van der Waals surface area contributed by atoms with Crippen LogP contribution in [0.3, 0.4) is 0 Å². The summed E-state index contributed by atoms with van der Waals surface area (Å²) < 4.78 is 0. The number of amides is 1. The molecule has 0 aromatic carbocycles. The lowest BCUT2D eigenvalue weighted by Gasteiger charge is -1.95. The van der Waals surface area contributed by atoms with Crippen molar-refractivity contribution in [2.45, 2.75) is 6.92 Å². The molecule has 1 N–H and O–H groups in total. The van der Waals surface area contributed by atoms with Crippen molar-refractivity contribution in [1.29, 1.82) is 5.26 Å². The minimum absolute atomic E-state index is 0.615. The molecule has 0 saturated heterocycles. The fourth-order valence-electron chi connectivity index (χ4n) is 0.632. The molecule has 3 nitrogen and oxygen atoms in total. The normalized spacial score (nSPS) is 8.73. The first-order valence-corrected chi connectivity index (χ1v) is 3.87. The highest BCUT2D eigenvalue weighted by molar-refractivity contribution is 7.14. The topological polar surface area (TPSA) is 52.9 Å². The number of carbonyl (C=O) groups excluding carboxylic acids is 1. The van der Waals surface area contributed by atoms with E-state index in [0.717, 1.165) is 10.6 Å². The third kappa shape index (κ3) is 1.79. The van der Waals surface area contributed by atoms with Crippen LogP contribution in [0.2, 0.25) is 0 Å². The third-order valence-corrected chi connectivity index (χ3v) is 2.12. The van der Waals surface area contributed by atoms with E-state index in [1.165, 1.54) is 17.4 Å². The average molecular weight is 166 g/mol. The summed E-state index contributed by atoms with van der Waals surface area (Å²) in [5.41, 5.74) is 0.985. The Morgan fingerprint density at radius 2 is 2.55 bits per heavy atom. The average Bonchev–Trinajstić information content (AvgIpc) is 2.37. The molecule has 0 radical (unpaired) electrons. The number of thiophene rings is 1. The summed E-state index contributed by atoms with van der Waals surface area (Å²) in [5, 5.41) is 13.2. The maximum Gasteiger partial charge on any atom is 0.327 e. The summed E-state index contributed by atoms with van der Waals surface area (Å²) in [7, 11) is 0.